The van der Waals surface area contributed by atoms with Crippen LogP contribution in [0.1, 0.15) is 20.8 Å². The van der Waals surface area contributed by atoms with E-state index < -0.39 is 17.6 Å². The molecule has 2 N–H and O–H groups in total. The molecule has 0 bridgehead atoms. The number of carbonyl (C=O) groups excluding carboxylic acids is 2. The van der Waals surface area contributed by atoms with Crippen LogP contribution in [0.25, 0.3) is 10.9 Å². The molecule has 7 nitrogen and oxygen atoms in total. The number of amides is 1. The molecule has 0 unspecified atom stereocenters. The van der Waals surface area contributed by atoms with Crippen molar-refractivity contribution in [2.45, 2.75) is 0 Å². The van der Waals surface area contributed by atoms with Gasteiger partial charge in [-0.3, -0.25) is 4.79 Å². The minimum absolute atomic E-state index is 0.0194. The number of aromatic nitrogens is 2. The van der Waals surface area contributed by atoms with Crippen LogP contribution in [0, 0.1) is 0 Å². The van der Waals surface area contributed by atoms with Crippen LogP contribution >= 0.6 is 0 Å². The number of benzene rings is 2. The van der Waals surface area contributed by atoms with Crippen molar-refractivity contribution in [1.82, 2.24) is 9.97 Å². The van der Waals surface area contributed by atoms with E-state index in [1.807, 2.05) is 0 Å². The Bertz CT molecular complexity index is 994. The van der Waals surface area contributed by atoms with Crippen molar-refractivity contribution in [3.63, 3.8) is 0 Å². The lowest BCUT2D eigenvalue weighted by molar-refractivity contribution is 0.0602. The van der Waals surface area contributed by atoms with Gasteiger partial charge in [0, 0.05) is 5.39 Å². The highest BCUT2D eigenvalue weighted by molar-refractivity contribution is 6.12. The molecule has 0 atom stereocenters. The zero-order valence-corrected chi connectivity index (χ0v) is 12.7. The minimum atomic E-state index is -0.625. The van der Waals surface area contributed by atoms with E-state index in [1.165, 1.54) is 13.2 Å². The number of rotatable bonds is 3. The second-order valence-corrected chi connectivity index (χ2v) is 4.93. The number of ether oxygens (including phenoxy) is 1. The summed E-state index contributed by atoms with van der Waals surface area (Å²) >= 11 is 0. The molecule has 1 amide bonds. The molecule has 1 aromatic heterocycles. The molecule has 2 aromatic carbocycles. The third kappa shape index (κ3) is 2.87. The number of H-pyrrole nitrogens is 1. The number of para-hydroxylation sites is 2. The molecule has 7 heteroatoms. The second kappa shape index (κ2) is 6.33. The number of carbonyl (C=O) groups is 2. The first-order valence-corrected chi connectivity index (χ1v) is 7.08. The summed E-state index contributed by atoms with van der Waals surface area (Å²) in [5, 5.41) is 3.11. The third-order valence-corrected chi connectivity index (χ3v) is 3.43. The normalized spacial score (nSPS) is 10.4. The number of nitrogens with one attached hydrogen (secondary N) is 2. The van der Waals surface area contributed by atoms with Crippen LogP contribution in [0.4, 0.5) is 5.69 Å². The van der Waals surface area contributed by atoms with E-state index in [0.29, 0.717) is 10.9 Å². The van der Waals surface area contributed by atoms with Gasteiger partial charge in [-0.2, -0.15) is 4.98 Å². The molecule has 3 aromatic rings. The Morgan fingerprint density at radius 1 is 1.08 bits per heavy atom. The first-order chi connectivity index (χ1) is 11.6. The monoisotopic (exact) mass is 323 g/mol. The molecule has 0 aliphatic heterocycles. The van der Waals surface area contributed by atoms with E-state index in [2.05, 4.69) is 15.3 Å². The summed E-state index contributed by atoms with van der Waals surface area (Å²) in [6.07, 6.45) is 0. The largest absolute Gasteiger partial charge is 0.465 e. The molecule has 0 radical (unpaired) electrons. The lowest BCUT2D eigenvalue weighted by Gasteiger charge is -2.10. The highest BCUT2D eigenvalue weighted by Gasteiger charge is 2.17. The Labute approximate surface area is 136 Å². The summed E-state index contributed by atoms with van der Waals surface area (Å²) in [7, 11) is 1.26. The molecule has 0 saturated heterocycles. The standard InChI is InChI=1S/C17H13N3O4/c1-24-16(22)11-7-3-5-9-13(11)18-15(21)14-10-6-2-4-8-12(10)19-17(23)20-14/h2-9H,1H3,(H,18,21)(H,19,20,23). The highest BCUT2D eigenvalue weighted by Crippen LogP contribution is 2.19. The first kappa shape index (κ1) is 15.4. The summed E-state index contributed by atoms with van der Waals surface area (Å²) in [4.78, 5) is 42.3. The molecular weight excluding hydrogens is 310 g/mol. The van der Waals surface area contributed by atoms with Crippen LogP contribution in [0.5, 0.6) is 0 Å². The van der Waals surface area contributed by atoms with Gasteiger partial charge < -0.3 is 15.0 Å². The average molecular weight is 323 g/mol. The fraction of sp³-hybridized carbons (Fsp3) is 0.0588. The molecule has 0 aliphatic carbocycles. The smallest absolute Gasteiger partial charge is 0.346 e. The van der Waals surface area contributed by atoms with E-state index in [-0.39, 0.29) is 16.9 Å². The second-order valence-electron chi connectivity index (χ2n) is 4.93. The Hall–Kier alpha value is -3.48. The number of hydrogen-bond donors (Lipinski definition) is 2. The lowest BCUT2D eigenvalue weighted by atomic mass is 10.1. The highest BCUT2D eigenvalue weighted by atomic mass is 16.5. The van der Waals surface area contributed by atoms with E-state index in [9.17, 15) is 14.4 Å². The Morgan fingerprint density at radius 3 is 2.58 bits per heavy atom. The van der Waals surface area contributed by atoms with Crippen molar-refractivity contribution in [3.05, 3.63) is 70.3 Å². The fourth-order valence-corrected chi connectivity index (χ4v) is 2.34. The van der Waals surface area contributed by atoms with Gasteiger partial charge in [0.1, 0.15) is 5.69 Å². The Balaban J connectivity index is 2.03. The van der Waals surface area contributed by atoms with Crippen LogP contribution in [0.15, 0.2) is 53.3 Å². The van der Waals surface area contributed by atoms with E-state index in [0.717, 1.165) is 0 Å². The zero-order chi connectivity index (χ0) is 17.1. The van der Waals surface area contributed by atoms with Gasteiger partial charge in [-0.05, 0) is 18.2 Å². The van der Waals surface area contributed by atoms with Gasteiger partial charge in [-0.15, -0.1) is 0 Å². The fourth-order valence-electron chi connectivity index (χ4n) is 2.34. The van der Waals surface area contributed by atoms with Crippen LogP contribution in [-0.2, 0) is 4.74 Å². The van der Waals surface area contributed by atoms with E-state index in [4.69, 9.17) is 4.74 Å². The number of esters is 1. The maximum absolute atomic E-state index is 12.6. The number of anilines is 1. The maximum atomic E-state index is 12.6. The number of nitrogens with zero attached hydrogens (tertiary/aromatic N) is 1. The first-order valence-electron chi connectivity index (χ1n) is 7.08. The van der Waals surface area contributed by atoms with Crippen molar-refractivity contribution in [2.75, 3.05) is 12.4 Å². The average Bonchev–Trinajstić information content (AvgIpc) is 2.60. The third-order valence-electron chi connectivity index (χ3n) is 3.43. The van der Waals surface area contributed by atoms with Gasteiger partial charge in [0.05, 0.1) is 23.9 Å². The topological polar surface area (TPSA) is 101 Å². The van der Waals surface area contributed by atoms with Gasteiger partial charge in [0.15, 0.2) is 0 Å². The van der Waals surface area contributed by atoms with Crippen molar-refractivity contribution in [1.29, 1.82) is 0 Å². The van der Waals surface area contributed by atoms with Crippen molar-refractivity contribution < 1.29 is 14.3 Å². The summed E-state index contributed by atoms with van der Waals surface area (Å²) in [5.41, 5.74) is 0.348. The van der Waals surface area contributed by atoms with Gasteiger partial charge in [-0.1, -0.05) is 30.3 Å². The minimum Gasteiger partial charge on any atom is -0.465 e. The molecule has 120 valence electrons. The molecule has 0 fully saturated rings. The summed E-state index contributed by atoms with van der Waals surface area (Å²) in [6.45, 7) is 0. The summed E-state index contributed by atoms with van der Waals surface area (Å²) in [5.74, 6) is -1.16. The van der Waals surface area contributed by atoms with Crippen molar-refractivity contribution >= 4 is 28.5 Å². The van der Waals surface area contributed by atoms with Crippen LogP contribution in [0.2, 0.25) is 0 Å². The number of hydrogen-bond acceptors (Lipinski definition) is 5. The number of methoxy groups -OCH3 is 1. The molecule has 0 saturated carbocycles. The van der Waals surface area contributed by atoms with Crippen molar-refractivity contribution in [3.8, 4) is 0 Å². The van der Waals surface area contributed by atoms with E-state index >= 15 is 0 Å². The molecule has 0 spiro atoms. The lowest BCUT2D eigenvalue weighted by Crippen LogP contribution is -2.22. The summed E-state index contributed by atoms with van der Waals surface area (Å²) in [6, 6.07) is 13.3. The van der Waals surface area contributed by atoms with Gasteiger partial charge in [0.25, 0.3) is 5.91 Å². The molecular formula is C17H13N3O4. The summed E-state index contributed by atoms with van der Waals surface area (Å²) < 4.78 is 4.69. The predicted octanol–water partition coefficient (Wildman–Crippen LogP) is 1.96. The molecule has 1 heterocycles. The van der Waals surface area contributed by atoms with Crippen molar-refractivity contribution in [2.24, 2.45) is 0 Å². The van der Waals surface area contributed by atoms with E-state index in [1.54, 1.807) is 42.5 Å². The number of fused-ring (bicyclic) bond motifs is 1. The van der Waals surface area contributed by atoms with Crippen LogP contribution in [0.3, 0.4) is 0 Å². The molecule has 3 rings (SSSR count). The van der Waals surface area contributed by atoms with Gasteiger partial charge in [0.2, 0.25) is 0 Å². The predicted molar refractivity (Wildman–Crippen MR) is 88.1 cm³/mol. The quantitative estimate of drug-likeness (QED) is 0.718. The maximum Gasteiger partial charge on any atom is 0.346 e. The Morgan fingerprint density at radius 2 is 1.79 bits per heavy atom. The van der Waals surface area contributed by atoms with Crippen LogP contribution in [-0.4, -0.2) is 29.0 Å². The molecule has 24 heavy (non-hydrogen) atoms. The Kier molecular flexibility index (Phi) is 4.07. The van der Waals surface area contributed by atoms with Gasteiger partial charge >= 0.3 is 11.7 Å². The molecule has 0 aliphatic rings. The van der Waals surface area contributed by atoms with Gasteiger partial charge in [-0.25, -0.2) is 9.59 Å². The zero-order valence-electron chi connectivity index (χ0n) is 12.7. The SMILES string of the molecule is COC(=O)c1ccccc1NC(=O)c1nc(=O)[nH]c2ccccc12. The van der Waals surface area contributed by atoms with Crippen LogP contribution < -0.4 is 11.0 Å². The number of aromatic amines is 1.